The second-order valence-electron chi connectivity index (χ2n) is 6.00. The summed E-state index contributed by atoms with van der Waals surface area (Å²) >= 11 is 9.70. The first-order valence-corrected chi connectivity index (χ1v) is 7.89. The summed E-state index contributed by atoms with van der Waals surface area (Å²) in [5.74, 6) is 0. The third kappa shape index (κ3) is 3.67. The number of hydrogen-bond acceptors (Lipinski definition) is 2. The van der Waals surface area contributed by atoms with Crippen molar-refractivity contribution >= 4 is 33.6 Å². The fraction of sp³-hybridized carbons (Fsp3) is 0.533. The van der Waals surface area contributed by atoms with E-state index in [4.69, 9.17) is 16.3 Å². The van der Waals surface area contributed by atoms with Gasteiger partial charge in [-0.15, -0.1) is 0 Å². The Bertz CT molecular complexity index is 513. The van der Waals surface area contributed by atoms with Gasteiger partial charge >= 0.3 is 6.09 Å². The highest BCUT2D eigenvalue weighted by molar-refractivity contribution is 9.10. The van der Waals surface area contributed by atoms with Crippen LogP contribution in [0.5, 0.6) is 0 Å². The lowest BCUT2D eigenvalue weighted by Gasteiger charge is -2.29. The fourth-order valence-electron chi connectivity index (χ4n) is 2.40. The third-order valence-electron chi connectivity index (χ3n) is 3.20. The molecule has 2 rings (SSSR count). The van der Waals surface area contributed by atoms with Crippen molar-refractivity contribution in [2.75, 3.05) is 6.54 Å². The van der Waals surface area contributed by atoms with Crippen LogP contribution in [0.2, 0.25) is 5.02 Å². The van der Waals surface area contributed by atoms with E-state index < -0.39 is 5.60 Å². The van der Waals surface area contributed by atoms with Gasteiger partial charge in [-0.25, -0.2) is 4.79 Å². The highest BCUT2D eigenvalue weighted by atomic mass is 79.9. The van der Waals surface area contributed by atoms with E-state index in [1.54, 1.807) is 4.90 Å². The molecule has 0 radical (unpaired) electrons. The summed E-state index contributed by atoms with van der Waals surface area (Å²) in [4.78, 5) is 14.1. The monoisotopic (exact) mass is 359 g/mol. The lowest BCUT2D eigenvalue weighted by molar-refractivity contribution is 0.0224. The number of hydrogen-bond donors (Lipinski definition) is 0. The van der Waals surface area contributed by atoms with Crippen LogP contribution in [0, 0.1) is 0 Å². The highest BCUT2D eigenvalue weighted by Gasteiger charge is 2.34. The maximum absolute atomic E-state index is 12.3. The summed E-state index contributed by atoms with van der Waals surface area (Å²) in [5.41, 5.74) is 0.506. The molecular weight excluding hydrogens is 342 g/mol. The zero-order chi connectivity index (χ0) is 14.9. The van der Waals surface area contributed by atoms with Crippen molar-refractivity contribution in [1.82, 2.24) is 4.90 Å². The summed E-state index contributed by atoms with van der Waals surface area (Å²) < 4.78 is 6.41. The molecule has 0 bridgehead atoms. The van der Waals surface area contributed by atoms with Crippen molar-refractivity contribution < 1.29 is 9.53 Å². The van der Waals surface area contributed by atoms with Crippen LogP contribution >= 0.6 is 27.5 Å². The number of carbonyl (C=O) groups excluding carboxylic acids is 1. The van der Waals surface area contributed by atoms with Crippen molar-refractivity contribution in [2.24, 2.45) is 0 Å². The van der Waals surface area contributed by atoms with E-state index in [0.29, 0.717) is 11.6 Å². The van der Waals surface area contributed by atoms with Gasteiger partial charge < -0.3 is 9.64 Å². The maximum Gasteiger partial charge on any atom is 0.410 e. The van der Waals surface area contributed by atoms with E-state index in [-0.39, 0.29) is 12.1 Å². The molecule has 1 aromatic rings. The number of benzene rings is 1. The quantitative estimate of drug-likeness (QED) is 0.691. The van der Waals surface area contributed by atoms with E-state index in [1.807, 2.05) is 39.0 Å². The molecule has 1 saturated heterocycles. The molecule has 0 N–H and O–H groups in total. The minimum absolute atomic E-state index is 0.00505. The van der Waals surface area contributed by atoms with Crippen molar-refractivity contribution in [1.29, 1.82) is 0 Å². The first-order chi connectivity index (χ1) is 9.28. The van der Waals surface area contributed by atoms with Crippen LogP contribution in [0.4, 0.5) is 4.79 Å². The second-order valence-corrected chi connectivity index (χ2v) is 7.32. The van der Waals surface area contributed by atoms with Crippen LogP contribution in [-0.2, 0) is 4.74 Å². The Hall–Kier alpha value is -0.740. The Morgan fingerprint density at radius 2 is 2.15 bits per heavy atom. The Kier molecular flexibility index (Phi) is 4.65. The Morgan fingerprint density at radius 1 is 1.45 bits per heavy atom. The normalized spacial score (nSPS) is 19.2. The SMILES string of the molecule is CC(C)(C)OC(=O)N1CCCC1c1ccc(Br)cc1Cl. The van der Waals surface area contributed by atoms with Gasteiger partial charge in [0.1, 0.15) is 5.60 Å². The molecule has 0 aromatic heterocycles. The van der Waals surface area contributed by atoms with Gasteiger partial charge in [-0.05, 0) is 51.3 Å². The van der Waals surface area contributed by atoms with E-state index in [0.717, 1.165) is 22.9 Å². The molecule has 3 nitrogen and oxygen atoms in total. The Balaban J connectivity index is 2.21. The zero-order valence-corrected chi connectivity index (χ0v) is 14.3. The van der Waals surface area contributed by atoms with Crippen LogP contribution in [0.15, 0.2) is 22.7 Å². The van der Waals surface area contributed by atoms with Gasteiger partial charge in [0.05, 0.1) is 6.04 Å². The molecule has 1 amide bonds. The molecule has 1 aliphatic heterocycles. The largest absolute Gasteiger partial charge is 0.444 e. The average Bonchev–Trinajstić information content (AvgIpc) is 2.75. The first kappa shape index (κ1) is 15.6. The van der Waals surface area contributed by atoms with E-state index in [2.05, 4.69) is 15.9 Å². The standard InChI is InChI=1S/C15H19BrClNO2/c1-15(2,3)20-14(19)18-8-4-5-13(18)11-7-6-10(16)9-12(11)17/h6-7,9,13H,4-5,8H2,1-3H3. The minimum atomic E-state index is -0.478. The first-order valence-electron chi connectivity index (χ1n) is 6.72. The number of halogens is 2. The smallest absolute Gasteiger partial charge is 0.410 e. The van der Waals surface area contributed by atoms with E-state index in [9.17, 15) is 4.79 Å². The Labute approximate surface area is 133 Å². The summed E-state index contributed by atoms with van der Waals surface area (Å²) in [7, 11) is 0. The van der Waals surface area contributed by atoms with Gasteiger partial charge in [-0.1, -0.05) is 33.6 Å². The van der Waals surface area contributed by atoms with Crippen molar-refractivity contribution in [3.8, 4) is 0 Å². The maximum atomic E-state index is 12.3. The third-order valence-corrected chi connectivity index (χ3v) is 4.02. The molecule has 1 unspecified atom stereocenters. The number of nitrogens with zero attached hydrogens (tertiary/aromatic N) is 1. The van der Waals surface area contributed by atoms with Gasteiger partial charge in [0, 0.05) is 16.0 Å². The number of amides is 1. The molecule has 1 fully saturated rings. The summed E-state index contributed by atoms with van der Waals surface area (Å²) in [6.07, 6.45) is 1.62. The molecule has 1 aliphatic rings. The van der Waals surface area contributed by atoms with Crippen LogP contribution in [0.3, 0.4) is 0 Å². The van der Waals surface area contributed by atoms with Crippen molar-refractivity contribution in [3.63, 3.8) is 0 Å². The molecule has 110 valence electrons. The summed E-state index contributed by atoms with van der Waals surface area (Å²) in [6.45, 7) is 6.35. The molecule has 1 heterocycles. The molecule has 0 spiro atoms. The predicted octanol–water partition coefficient (Wildman–Crippen LogP) is 5.17. The van der Waals surface area contributed by atoms with Gasteiger partial charge in [0.15, 0.2) is 0 Å². The van der Waals surface area contributed by atoms with Crippen LogP contribution in [-0.4, -0.2) is 23.1 Å². The molecule has 0 aliphatic carbocycles. The molecule has 1 aromatic carbocycles. The van der Waals surface area contributed by atoms with Gasteiger partial charge in [-0.2, -0.15) is 0 Å². The predicted molar refractivity (Wildman–Crippen MR) is 84.1 cm³/mol. The molecule has 1 atom stereocenters. The van der Waals surface area contributed by atoms with Gasteiger partial charge in [0.25, 0.3) is 0 Å². The Morgan fingerprint density at radius 3 is 2.75 bits per heavy atom. The summed E-state index contributed by atoms with van der Waals surface area (Å²) in [6, 6.07) is 5.79. The molecule has 5 heteroatoms. The highest BCUT2D eigenvalue weighted by Crippen LogP contribution is 2.37. The minimum Gasteiger partial charge on any atom is -0.444 e. The number of likely N-dealkylation sites (tertiary alicyclic amines) is 1. The van der Waals surface area contributed by atoms with Crippen LogP contribution in [0.25, 0.3) is 0 Å². The topological polar surface area (TPSA) is 29.5 Å². The lowest BCUT2D eigenvalue weighted by atomic mass is 10.0. The van der Waals surface area contributed by atoms with Gasteiger partial charge in [-0.3, -0.25) is 0 Å². The average molecular weight is 361 g/mol. The van der Waals surface area contributed by atoms with E-state index >= 15 is 0 Å². The second kappa shape index (κ2) is 5.94. The zero-order valence-electron chi connectivity index (χ0n) is 12.0. The fourth-order valence-corrected chi connectivity index (χ4v) is 3.20. The van der Waals surface area contributed by atoms with Crippen LogP contribution < -0.4 is 0 Å². The van der Waals surface area contributed by atoms with Crippen molar-refractivity contribution in [2.45, 2.75) is 45.3 Å². The van der Waals surface area contributed by atoms with Gasteiger partial charge in [0.2, 0.25) is 0 Å². The van der Waals surface area contributed by atoms with Crippen LogP contribution in [0.1, 0.15) is 45.2 Å². The lowest BCUT2D eigenvalue weighted by Crippen LogP contribution is -2.36. The number of carbonyl (C=O) groups is 1. The van der Waals surface area contributed by atoms with Crippen molar-refractivity contribution in [3.05, 3.63) is 33.3 Å². The summed E-state index contributed by atoms with van der Waals surface area (Å²) in [5, 5.41) is 0.680. The number of rotatable bonds is 1. The molecule has 0 saturated carbocycles. The number of ether oxygens (including phenoxy) is 1. The molecular formula is C15H19BrClNO2. The molecule has 20 heavy (non-hydrogen) atoms. The van der Waals surface area contributed by atoms with E-state index in [1.165, 1.54) is 0 Å².